The summed E-state index contributed by atoms with van der Waals surface area (Å²) in [5.41, 5.74) is 3.66. The number of hydrogen-bond acceptors (Lipinski definition) is 6. The van der Waals surface area contributed by atoms with Crippen molar-refractivity contribution in [1.29, 1.82) is 0 Å². The van der Waals surface area contributed by atoms with Gasteiger partial charge in [-0.05, 0) is 37.1 Å². The second-order valence-corrected chi connectivity index (χ2v) is 4.89. The first-order chi connectivity index (χ1) is 10.5. The van der Waals surface area contributed by atoms with Crippen molar-refractivity contribution in [2.24, 2.45) is 10.3 Å². The molecule has 110 valence electrons. The quantitative estimate of drug-likeness (QED) is 0.620. The van der Waals surface area contributed by atoms with Gasteiger partial charge in [0.05, 0.1) is 22.6 Å². The number of oxime groups is 2. The summed E-state index contributed by atoms with van der Waals surface area (Å²) < 4.78 is 0. The van der Waals surface area contributed by atoms with Gasteiger partial charge in [0.1, 0.15) is 0 Å². The maximum atomic E-state index is 11.5. The third-order valence-electron chi connectivity index (χ3n) is 3.31. The highest BCUT2D eigenvalue weighted by Gasteiger charge is 2.22. The Morgan fingerprint density at radius 3 is 1.41 bits per heavy atom. The molecule has 3 rings (SSSR count). The van der Waals surface area contributed by atoms with Crippen LogP contribution >= 0.6 is 0 Å². The standard InChI is InChI=1S/C16H12N2O4/c1-9-13(15(19)21-17-9)7-11-3-5-12(6-4-11)8-14-10(2)18-22-16(14)20/h3-8H,1-2H3/b13-7-,14-8-. The van der Waals surface area contributed by atoms with Gasteiger partial charge >= 0.3 is 11.9 Å². The van der Waals surface area contributed by atoms with Gasteiger partial charge in [-0.2, -0.15) is 0 Å². The van der Waals surface area contributed by atoms with Crippen molar-refractivity contribution in [3.05, 3.63) is 46.5 Å². The summed E-state index contributed by atoms with van der Waals surface area (Å²) in [4.78, 5) is 32.1. The summed E-state index contributed by atoms with van der Waals surface area (Å²) >= 11 is 0. The van der Waals surface area contributed by atoms with Gasteiger partial charge < -0.3 is 9.68 Å². The first-order valence-corrected chi connectivity index (χ1v) is 6.60. The zero-order valence-corrected chi connectivity index (χ0v) is 12.0. The van der Waals surface area contributed by atoms with Crippen molar-refractivity contribution in [3.63, 3.8) is 0 Å². The molecule has 0 atom stereocenters. The average Bonchev–Trinajstić information content (AvgIpc) is 2.99. The Morgan fingerprint density at radius 2 is 1.14 bits per heavy atom. The van der Waals surface area contributed by atoms with E-state index in [2.05, 4.69) is 20.0 Å². The molecule has 0 aliphatic carbocycles. The molecule has 2 aliphatic rings. The van der Waals surface area contributed by atoms with Crippen LogP contribution in [0.4, 0.5) is 0 Å². The van der Waals surface area contributed by atoms with E-state index < -0.39 is 11.9 Å². The largest absolute Gasteiger partial charge is 0.367 e. The third-order valence-corrected chi connectivity index (χ3v) is 3.31. The van der Waals surface area contributed by atoms with E-state index in [4.69, 9.17) is 0 Å². The zero-order valence-electron chi connectivity index (χ0n) is 12.0. The number of benzene rings is 1. The second kappa shape index (κ2) is 5.40. The Morgan fingerprint density at radius 1 is 0.773 bits per heavy atom. The summed E-state index contributed by atoms with van der Waals surface area (Å²) in [5, 5.41) is 7.24. The Labute approximate surface area is 126 Å². The molecule has 1 aromatic rings. The molecule has 2 heterocycles. The van der Waals surface area contributed by atoms with Crippen LogP contribution in [-0.2, 0) is 19.3 Å². The number of carbonyl (C=O) groups excluding carboxylic acids is 2. The van der Waals surface area contributed by atoms with E-state index in [1.807, 2.05) is 24.3 Å². The molecule has 0 fully saturated rings. The smallest absolute Gasteiger partial charge is 0.312 e. The molecule has 0 amide bonds. The van der Waals surface area contributed by atoms with Crippen molar-refractivity contribution in [3.8, 4) is 0 Å². The van der Waals surface area contributed by atoms with Crippen LogP contribution in [-0.4, -0.2) is 23.4 Å². The molecule has 0 saturated carbocycles. The highest BCUT2D eigenvalue weighted by Crippen LogP contribution is 2.18. The maximum Gasteiger partial charge on any atom is 0.367 e. The highest BCUT2D eigenvalue weighted by atomic mass is 16.7. The minimum atomic E-state index is -0.454. The van der Waals surface area contributed by atoms with Crippen molar-refractivity contribution in [1.82, 2.24) is 0 Å². The SMILES string of the molecule is CC1=NOC(=O)/C1=C\c1ccc(/C=C2\C(=O)ON=C2C)cc1. The fourth-order valence-electron chi connectivity index (χ4n) is 2.06. The Bertz CT molecular complexity index is 716. The highest BCUT2D eigenvalue weighted by molar-refractivity contribution is 6.25. The van der Waals surface area contributed by atoms with E-state index in [0.717, 1.165) is 11.1 Å². The Balaban J connectivity index is 1.85. The van der Waals surface area contributed by atoms with Gasteiger partial charge in [0.25, 0.3) is 0 Å². The molecule has 6 nitrogen and oxygen atoms in total. The second-order valence-electron chi connectivity index (χ2n) is 4.89. The van der Waals surface area contributed by atoms with Crippen molar-refractivity contribution in [2.45, 2.75) is 13.8 Å². The lowest BCUT2D eigenvalue weighted by atomic mass is 10.0. The van der Waals surface area contributed by atoms with Gasteiger partial charge in [0.15, 0.2) is 0 Å². The van der Waals surface area contributed by atoms with E-state index in [9.17, 15) is 9.59 Å². The molecule has 0 radical (unpaired) electrons. The first-order valence-electron chi connectivity index (χ1n) is 6.60. The molecule has 0 aromatic heterocycles. The normalized spacial score (nSPS) is 21.0. The lowest BCUT2D eigenvalue weighted by Crippen LogP contribution is -2.02. The van der Waals surface area contributed by atoms with E-state index in [0.29, 0.717) is 22.6 Å². The van der Waals surface area contributed by atoms with E-state index >= 15 is 0 Å². The van der Waals surface area contributed by atoms with Gasteiger partial charge in [-0.15, -0.1) is 0 Å². The van der Waals surface area contributed by atoms with Crippen LogP contribution in [0.3, 0.4) is 0 Å². The van der Waals surface area contributed by atoms with Gasteiger partial charge in [0.2, 0.25) is 0 Å². The molecule has 2 aliphatic heterocycles. The molecular formula is C16H12N2O4. The number of nitrogens with zero attached hydrogens (tertiary/aromatic N) is 2. The average molecular weight is 296 g/mol. The van der Waals surface area contributed by atoms with Gasteiger partial charge in [0, 0.05) is 0 Å². The van der Waals surface area contributed by atoms with Crippen LogP contribution in [0, 0.1) is 0 Å². The van der Waals surface area contributed by atoms with Crippen LogP contribution in [0.5, 0.6) is 0 Å². The number of carbonyl (C=O) groups is 2. The molecule has 0 unspecified atom stereocenters. The van der Waals surface area contributed by atoms with E-state index in [1.54, 1.807) is 26.0 Å². The molecule has 22 heavy (non-hydrogen) atoms. The fourth-order valence-corrected chi connectivity index (χ4v) is 2.06. The van der Waals surface area contributed by atoms with Crippen molar-refractivity contribution >= 4 is 35.5 Å². The summed E-state index contributed by atoms with van der Waals surface area (Å²) in [7, 11) is 0. The van der Waals surface area contributed by atoms with Crippen LogP contribution < -0.4 is 0 Å². The molecular weight excluding hydrogens is 284 g/mol. The Hall–Kier alpha value is -3.02. The minimum Gasteiger partial charge on any atom is -0.312 e. The summed E-state index contributed by atoms with van der Waals surface area (Å²) in [6.45, 7) is 3.42. The lowest BCUT2D eigenvalue weighted by molar-refractivity contribution is -0.137. The Kier molecular flexibility index (Phi) is 3.42. The van der Waals surface area contributed by atoms with Gasteiger partial charge in [-0.3, -0.25) is 0 Å². The fraction of sp³-hybridized carbons (Fsp3) is 0.125. The monoisotopic (exact) mass is 296 g/mol. The number of hydrogen-bond donors (Lipinski definition) is 0. The molecule has 6 heteroatoms. The minimum absolute atomic E-state index is 0.438. The van der Waals surface area contributed by atoms with Crippen LogP contribution in [0.25, 0.3) is 12.2 Å². The summed E-state index contributed by atoms with van der Waals surface area (Å²) in [5.74, 6) is -0.909. The molecule has 1 aromatic carbocycles. The number of rotatable bonds is 2. The molecule has 0 bridgehead atoms. The van der Waals surface area contributed by atoms with Crippen LogP contribution in [0.2, 0.25) is 0 Å². The zero-order chi connectivity index (χ0) is 15.7. The molecule has 0 saturated heterocycles. The maximum absolute atomic E-state index is 11.5. The predicted molar refractivity (Wildman–Crippen MR) is 80.8 cm³/mol. The third kappa shape index (κ3) is 2.58. The first kappa shape index (κ1) is 13.9. The van der Waals surface area contributed by atoms with Crippen LogP contribution in [0.1, 0.15) is 25.0 Å². The topological polar surface area (TPSA) is 77.3 Å². The summed E-state index contributed by atoms with van der Waals surface area (Å²) in [6, 6.07) is 7.35. The van der Waals surface area contributed by atoms with E-state index in [-0.39, 0.29) is 0 Å². The lowest BCUT2D eigenvalue weighted by Gasteiger charge is -1.99. The predicted octanol–water partition coefficient (Wildman–Crippen LogP) is 2.32. The molecule has 0 N–H and O–H groups in total. The summed E-state index contributed by atoms with van der Waals surface area (Å²) in [6.07, 6.45) is 3.42. The molecule has 0 spiro atoms. The van der Waals surface area contributed by atoms with Gasteiger partial charge in [-0.25, -0.2) is 9.59 Å². The van der Waals surface area contributed by atoms with Gasteiger partial charge in [-0.1, -0.05) is 34.6 Å². The van der Waals surface area contributed by atoms with Crippen molar-refractivity contribution < 1.29 is 19.3 Å². The van der Waals surface area contributed by atoms with Crippen molar-refractivity contribution in [2.75, 3.05) is 0 Å². The van der Waals surface area contributed by atoms with E-state index in [1.165, 1.54) is 0 Å². The van der Waals surface area contributed by atoms with Crippen LogP contribution in [0.15, 0.2) is 45.7 Å².